The maximum absolute atomic E-state index is 12.6. The Hall–Kier alpha value is -3.55. The number of aromatic amines is 1. The third kappa shape index (κ3) is 3.48. The van der Waals surface area contributed by atoms with Crippen LogP contribution >= 0.6 is 11.3 Å². The van der Waals surface area contributed by atoms with Crippen molar-refractivity contribution in [2.45, 2.75) is 30.8 Å². The van der Waals surface area contributed by atoms with Crippen molar-refractivity contribution in [3.8, 4) is 17.3 Å². The van der Waals surface area contributed by atoms with Gasteiger partial charge >= 0.3 is 0 Å². The average molecular weight is 473 g/mol. The molecule has 0 saturated carbocycles. The van der Waals surface area contributed by atoms with Crippen LogP contribution in [-0.4, -0.2) is 72.7 Å². The van der Waals surface area contributed by atoms with Crippen molar-refractivity contribution < 1.29 is 4.79 Å². The standard InChI is InChI=1S/C24H24N8OS/c25-7-6-24(32-13-17(12-29-32)21-19-3-8-26-22(19)28-16-27-21)14-31(15-24)18-4-9-30(10-5-18)23(33)20-2-1-11-34-20/h1-3,8,11-13,16,18H,4-6,9-10,14-15H2,(H,26,27,28). The average Bonchev–Trinajstić information content (AvgIpc) is 3.62. The summed E-state index contributed by atoms with van der Waals surface area (Å²) in [7, 11) is 0. The normalized spacial score (nSPS) is 18.6. The largest absolute Gasteiger partial charge is 0.346 e. The van der Waals surface area contributed by atoms with E-state index < -0.39 is 0 Å². The van der Waals surface area contributed by atoms with E-state index in [1.807, 2.05) is 51.8 Å². The number of nitrogens with zero attached hydrogens (tertiary/aromatic N) is 7. The molecule has 4 aromatic rings. The van der Waals surface area contributed by atoms with E-state index in [2.05, 4.69) is 31.0 Å². The van der Waals surface area contributed by atoms with Crippen LogP contribution in [-0.2, 0) is 5.54 Å². The Balaban J connectivity index is 1.14. The lowest BCUT2D eigenvalue weighted by Crippen LogP contribution is -2.66. The molecule has 9 nitrogen and oxygen atoms in total. The highest BCUT2D eigenvalue weighted by molar-refractivity contribution is 7.12. The van der Waals surface area contributed by atoms with Gasteiger partial charge in [0.2, 0.25) is 0 Å². The fourth-order valence-corrected chi connectivity index (χ4v) is 5.94. The minimum Gasteiger partial charge on any atom is -0.346 e. The van der Waals surface area contributed by atoms with E-state index in [1.165, 1.54) is 11.3 Å². The van der Waals surface area contributed by atoms with Gasteiger partial charge in [-0.05, 0) is 30.4 Å². The first-order chi connectivity index (χ1) is 16.7. The van der Waals surface area contributed by atoms with E-state index in [4.69, 9.17) is 0 Å². The maximum Gasteiger partial charge on any atom is 0.263 e. The molecule has 172 valence electrons. The van der Waals surface area contributed by atoms with Gasteiger partial charge in [-0.15, -0.1) is 11.3 Å². The van der Waals surface area contributed by atoms with E-state index in [0.29, 0.717) is 12.5 Å². The van der Waals surface area contributed by atoms with Crippen molar-refractivity contribution in [1.82, 2.24) is 34.5 Å². The molecule has 0 radical (unpaired) electrons. The molecule has 10 heteroatoms. The molecular weight excluding hydrogens is 448 g/mol. The Bertz CT molecular complexity index is 1350. The van der Waals surface area contributed by atoms with Crippen LogP contribution in [0.4, 0.5) is 0 Å². The third-order valence-electron chi connectivity index (χ3n) is 7.10. The van der Waals surface area contributed by atoms with E-state index in [-0.39, 0.29) is 11.4 Å². The van der Waals surface area contributed by atoms with Gasteiger partial charge in [-0.3, -0.25) is 14.4 Å². The smallest absolute Gasteiger partial charge is 0.263 e. The number of thiophene rings is 1. The highest BCUT2D eigenvalue weighted by atomic mass is 32.1. The lowest BCUT2D eigenvalue weighted by molar-refractivity contribution is -0.0412. The second-order valence-electron chi connectivity index (χ2n) is 9.10. The number of hydrogen-bond acceptors (Lipinski definition) is 7. The number of carbonyl (C=O) groups excluding carboxylic acids is 1. The number of fused-ring (bicyclic) bond motifs is 1. The molecule has 2 fully saturated rings. The van der Waals surface area contributed by atoms with Crippen LogP contribution < -0.4 is 0 Å². The van der Waals surface area contributed by atoms with Gasteiger partial charge in [0.15, 0.2) is 0 Å². The van der Waals surface area contributed by atoms with Crippen LogP contribution in [0.3, 0.4) is 0 Å². The van der Waals surface area contributed by atoms with Crippen LogP contribution in [0.2, 0.25) is 0 Å². The predicted molar refractivity (Wildman–Crippen MR) is 128 cm³/mol. The summed E-state index contributed by atoms with van der Waals surface area (Å²) in [6.45, 7) is 3.12. The van der Waals surface area contributed by atoms with E-state index in [0.717, 1.165) is 66.2 Å². The molecule has 1 amide bonds. The SMILES string of the molecule is N#CCC1(n2cc(-c3ncnc4[nH]ccc34)cn2)CN(C2CCN(C(=O)c3cccs3)CC2)C1. The second-order valence-corrected chi connectivity index (χ2v) is 10.0. The maximum atomic E-state index is 12.6. The molecule has 6 heterocycles. The molecule has 0 atom stereocenters. The number of aromatic nitrogens is 5. The summed E-state index contributed by atoms with van der Waals surface area (Å²) >= 11 is 1.50. The molecule has 34 heavy (non-hydrogen) atoms. The van der Waals surface area contributed by atoms with Crippen LogP contribution in [0.5, 0.6) is 0 Å². The molecule has 0 spiro atoms. The van der Waals surface area contributed by atoms with Crippen LogP contribution in [0.1, 0.15) is 28.9 Å². The summed E-state index contributed by atoms with van der Waals surface area (Å²) in [5.41, 5.74) is 2.22. The van der Waals surface area contributed by atoms with E-state index in [1.54, 1.807) is 6.33 Å². The second kappa shape index (κ2) is 8.34. The Morgan fingerprint density at radius 3 is 2.88 bits per heavy atom. The molecule has 2 aliphatic heterocycles. The number of likely N-dealkylation sites (tertiary alicyclic amines) is 2. The number of nitriles is 1. The first kappa shape index (κ1) is 21.0. The summed E-state index contributed by atoms with van der Waals surface area (Å²) in [4.78, 5) is 29.7. The number of rotatable bonds is 5. The molecule has 2 saturated heterocycles. The van der Waals surface area contributed by atoms with Gasteiger partial charge in [-0.25, -0.2) is 9.97 Å². The van der Waals surface area contributed by atoms with Crippen LogP contribution in [0, 0.1) is 11.3 Å². The van der Waals surface area contributed by atoms with Crippen LogP contribution in [0.15, 0.2) is 48.5 Å². The summed E-state index contributed by atoms with van der Waals surface area (Å²) in [5, 5.41) is 17.1. The molecule has 2 aliphatic rings. The van der Waals surface area contributed by atoms with E-state index in [9.17, 15) is 10.1 Å². The summed E-state index contributed by atoms with van der Waals surface area (Å²) in [6.07, 6.45) is 9.55. The quantitative estimate of drug-likeness (QED) is 0.478. The lowest BCUT2D eigenvalue weighted by Gasteiger charge is -2.53. The molecule has 0 unspecified atom stereocenters. The van der Waals surface area contributed by atoms with E-state index >= 15 is 0 Å². The molecular formula is C24H24N8OS. The fourth-order valence-electron chi connectivity index (χ4n) is 5.25. The lowest BCUT2D eigenvalue weighted by atomic mass is 9.84. The monoisotopic (exact) mass is 472 g/mol. The van der Waals surface area contributed by atoms with Crippen molar-refractivity contribution in [3.63, 3.8) is 0 Å². The van der Waals surface area contributed by atoms with Gasteiger partial charge in [-0.2, -0.15) is 10.4 Å². The van der Waals surface area contributed by atoms with Crippen molar-refractivity contribution in [2.75, 3.05) is 26.2 Å². The molecule has 0 aromatic carbocycles. The number of nitrogens with one attached hydrogen (secondary N) is 1. The Morgan fingerprint density at radius 1 is 1.26 bits per heavy atom. The minimum atomic E-state index is -0.332. The first-order valence-electron chi connectivity index (χ1n) is 11.4. The van der Waals surface area contributed by atoms with Gasteiger partial charge in [0.05, 0.1) is 29.3 Å². The van der Waals surface area contributed by atoms with Gasteiger partial charge in [0.25, 0.3) is 5.91 Å². The van der Waals surface area contributed by atoms with Gasteiger partial charge < -0.3 is 9.88 Å². The van der Waals surface area contributed by atoms with Crippen LogP contribution in [0.25, 0.3) is 22.3 Å². The predicted octanol–water partition coefficient (Wildman–Crippen LogP) is 3.11. The van der Waals surface area contributed by atoms with Gasteiger partial charge in [-0.1, -0.05) is 6.07 Å². The highest BCUT2D eigenvalue weighted by Gasteiger charge is 2.48. The van der Waals surface area contributed by atoms with Crippen molar-refractivity contribution >= 4 is 28.3 Å². The third-order valence-corrected chi connectivity index (χ3v) is 7.96. The Morgan fingerprint density at radius 2 is 2.12 bits per heavy atom. The number of piperidine rings is 1. The minimum absolute atomic E-state index is 0.140. The number of H-pyrrole nitrogens is 1. The molecule has 0 aliphatic carbocycles. The number of hydrogen-bond donors (Lipinski definition) is 1. The summed E-state index contributed by atoms with van der Waals surface area (Å²) < 4.78 is 1.96. The molecule has 0 bridgehead atoms. The first-order valence-corrected chi connectivity index (χ1v) is 12.3. The Kier molecular flexibility index (Phi) is 5.16. The van der Waals surface area contributed by atoms with Gasteiger partial charge in [0.1, 0.15) is 17.5 Å². The zero-order valence-electron chi connectivity index (χ0n) is 18.6. The van der Waals surface area contributed by atoms with Crippen molar-refractivity contribution in [1.29, 1.82) is 5.26 Å². The molecule has 1 N–H and O–H groups in total. The highest BCUT2D eigenvalue weighted by Crippen LogP contribution is 2.37. The molecule has 4 aromatic heterocycles. The zero-order chi connectivity index (χ0) is 23.1. The van der Waals surface area contributed by atoms with Crippen molar-refractivity contribution in [3.05, 3.63) is 53.4 Å². The summed E-state index contributed by atoms with van der Waals surface area (Å²) in [5.74, 6) is 0.140. The Labute approximate surface area is 200 Å². The summed E-state index contributed by atoms with van der Waals surface area (Å²) in [6, 6.07) is 8.58. The zero-order valence-corrected chi connectivity index (χ0v) is 19.4. The molecule has 6 rings (SSSR count). The van der Waals surface area contributed by atoms with Gasteiger partial charge in [0, 0.05) is 55.6 Å². The fraction of sp³-hybridized carbons (Fsp3) is 0.375. The topological polar surface area (TPSA) is 107 Å². The number of carbonyl (C=O) groups is 1. The number of amides is 1. The van der Waals surface area contributed by atoms with Crippen molar-refractivity contribution in [2.24, 2.45) is 0 Å².